The standard InChI is InChI=1S/C39H71N5O11.C24H48O2.C6H12O2/c1-6-31(3)33(45)30-51-26-27-54-37(49)42-22-14-9-8-13-20-40-35(47)44-24-17-12-18-32(44)19-25-53-36(48)41-21-15-10-11-16-23-43-38(50)55-29-28-52-34(46)39(4,5)7-2;1-5-7-8-9-10-11-12-13-14-15-16-17-18-19-20-21-22-26-23(25)24(3,4)6-2;1-4-6(2,3)5(7)8/h31-32H,6-30H2,1-5H3,(H,40,47)(H,41,48)(H,42,49)(H,43,50);5-22H2,1-4H3;4H2,1-3H3,(H,7,8). The molecular weight excluding hydrogens is 1140 g/mol. The fourth-order valence-electron chi connectivity index (χ4n) is 8.73. The van der Waals surface area contributed by atoms with E-state index in [2.05, 4.69) is 28.2 Å². The van der Waals surface area contributed by atoms with Crippen molar-refractivity contribution in [1.29, 1.82) is 0 Å². The molecule has 5 amide bonds. The molecule has 1 heterocycles. The van der Waals surface area contributed by atoms with E-state index in [1.807, 2.05) is 67.2 Å². The van der Waals surface area contributed by atoms with E-state index in [1.165, 1.54) is 96.3 Å². The molecule has 0 spiro atoms. The van der Waals surface area contributed by atoms with Crippen molar-refractivity contribution in [3.8, 4) is 0 Å². The summed E-state index contributed by atoms with van der Waals surface area (Å²) in [7, 11) is 0. The maximum atomic E-state index is 12.9. The van der Waals surface area contributed by atoms with E-state index in [-0.39, 0.29) is 80.8 Å². The number of unbranched alkanes of at least 4 members (excludes halogenated alkanes) is 21. The number of amides is 5. The van der Waals surface area contributed by atoms with Gasteiger partial charge in [0.2, 0.25) is 0 Å². The van der Waals surface area contributed by atoms with Crippen LogP contribution in [-0.2, 0) is 47.6 Å². The third-order valence-electron chi connectivity index (χ3n) is 16.8. The van der Waals surface area contributed by atoms with Gasteiger partial charge in [-0.2, -0.15) is 0 Å². The van der Waals surface area contributed by atoms with Crippen LogP contribution in [0.5, 0.6) is 0 Å². The molecule has 0 saturated carbocycles. The lowest BCUT2D eigenvalue weighted by atomic mass is 9.91. The first-order valence-corrected chi connectivity index (χ1v) is 34.9. The molecule has 20 heteroatoms. The third-order valence-corrected chi connectivity index (χ3v) is 16.8. The van der Waals surface area contributed by atoms with Crippen LogP contribution in [0.2, 0.25) is 0 Å². The Labute approximate surface area is 539 Å². The van der Waals surface area contributed by atoms with E-state index >= 15 is 0 Å². The number of carbonyl (C=O) groups is 8. The minimum absolute atomic E-state index is 0.00230. The minimum atomic E-state index is -0.722. The number of carbonyl (C=O) groups excluding carboxylic acids is 7. The molecule has 0 aromatic rings. The fraction of sp³-hybridized carbons (Fsp3) is 0.884. The van der Waals surface area contributed by atoms with Gasteiger partial charge in [0.25, 0.3) is 0 Å². The highest BCUT2D eigenvalue weighted by Crippen LogP contribution is 2.24. The Morgan fingerprint density at radius 1 is 0.449 bits per heavy atom. The average molecular weight is 1270 g/mol. The molecule has 89 heavy (non-hydrogen) atoms. The second-order valence-electron chi connectivity index (χ2n) is 25.8. The van der Waals surface area contributed by atoms with Crippen LogP contribution < -0.4 is 21.3 Å². The lowest BCUT2D eigenvalue weighted by molar-refractivity contribution is -0.155. The van der Waals surface area contributed by atoms with E-state index in [0.717, 1.165) is 89.9 Å². The molecule has 5 N–H and O–H groups in total. The zero-order chi connectivity index (χ0) is 67.0. The molecule has 1 aliphatic rings. The summed E-state index contributed by atoms with van der Waals surface area (Å²) in [5, 5.41) is 19.6. The van der Waals surface area contributed by atoms with Crippen LogP contribution in [0, 0.1) is 22.2 Å². The highest BCUT2D eigenvalue weighted by atomic mass is 16.6. The van der Waals surface area contributed by atoms with Gasteiger partial charge >= 0.3 is 42.2 Å². The zero-order valence-corrected chi connectivity index (χ0v) is 58.4. The predicted molar refractivity (Wildman–Crippen MR) is 354 cm³/mol. The van der Waals surface area contributed by atoms with E-state index in [4.69, 9.17) is 33.5 Å². The lowest BCUT2D eigenvalue weighted by Gasteiger charge is -2.35. The van der Waals surface area contributed by atoms with Gasteiger partial charge in [-0.25, -0.2) is 19.2 Å². The van der Waals surface area contributed by atoms with Crippen molar-refractivity contribution < 1.29 is 71.9 Å². The van der Waals surface area contributed by atoms with Crippen molar-refractivity contribution in [3.63, 3.8) is 0 Å². The molecule has 2 unspecified atom stereocenters. The average Bonchev–Trinajstić information content (AvgIpc) is 3.15. The number of aliphatic carboxylic acids is 1. The summed E-state index contributed by atoms with van der Waals surface area (Å²) in [4.78, 5) is 96.2. The van der Waals surface area contributed by atoms with Gasteiger partial charge in [-0.15, -0.1) is 0 Å². The van der Waals surface area contributed by atoms with Gasteiger partial charge in [-0.1, -0.05) is 164 Å². The minimum Gasteiger partial charge on any atom is -0.481 e. The number of alkyl carbamates (subject to hydrolysis) is 3. The van der Waals surface area contributed by atoms with Gasteiger partial charge in [-0.05, 0) is 119 Å². The molecule has 20 nitrogen and oxygen atoms in total. The lowest BCUT2D eigenvalue weighted by Crippen LogP contribution is -2.49. The number of hydrogen-bond acceptors (Lipinski definition) is 14. The highest BCUT2D eigenvalue weighted by Gasteiger charge is 2.29. The maximum absolute atomic E-state index is 12.9. The summed E-state index contributed by atoms with van der Waals surface area (Å²) in [5.41, 5.74) is -1.42. The number of rotatable bonds is 50. The smallest absolute Gasteiger partial charge is 0.407 e. The number of Topliss-reactive ketones (excluding diaryl/α,β-unsaturated/α-hetero) is 1. The van der Waals surface area contributed by atoms with Crippen LogP contribution in [0.25, 0.3) is 0 Å². The third kappa shape index (κ3) is 49.5. The number of carboxylic acid groups (broad SMARTS) is 1. The summed E-state index contributed by atoms with van der Waals surface area (Å²) < 4.78 is 31.2. The van der Waals surface area contributed by atoms with Crippen molar-refractivity contribution in [2.75, 3.05) is 79.0 Å². The van der Waals surface area contributed by atoms with Gasteiger partial charge in [0, 0.05) is 51.1 Å². The number of nitrogens with one attached hydrogen (secondary N) is 4. The maximum Gasteiger partial charge on any atom is 0.407 e. The SMILES string of the molecule is CCC(C)(C)C(=O)O.CCC(C)C(=O)COCCOC(=O)NCCCCCCNC(=O)N1CCCCC1CCOC(=O)NCCCCCCNC(=O)OCCOC(=O)C(C)(C)CC.CCCCCCCCCCCCCCCCCCOC(=O)C(C)(C)CC. The van der Waals surface area contributed by atoms with E-state index in [1.54, 1.807) is 13.8 Å². The number of hydrogen-bond donors (Lipinski definition) is 5. The fourth-order valence-corrected chi connectivity index (χ4v) is 8.73. The summed E-state index contributed by atoms with van der Waals surface area (Å²) in [6.45, 7) is 26.8. The van der Waals surface area contributed by atoms with Crippen LogP contribution >= 0.6 is 0 Å². The summed E-state index contributed by atoms with van der Waals surface area (Å²) in [6.07, 6.45) is 33.5. The largest absolute Gasteiger partial charge is 0.481 e. The molecule has 2 atom stereocenters. The number of esters is 2. The molecular formula is C69H131N5O15. The zero-order valence-electron chi connectivity index (χ0n) is 58.4. The first kappa shape index (κ1) is 86.2. The van der Waals surface area contributed by atoms with Crippen molar-refractivity contribution in [2.24, 2.45) is 22.2 Å². The second kappa shape index (κ2) is 55.9. The highest BCUT2D eigenvalue weighted by molar-refractivity contribution is 5.81. The molecule has 0 aliphatic carbocycles. The molecule has 0 aromatic carbocycles. The van der Waals surface area contributed by atoms with Gasteiger partial charge in [0.1, 0.15) is 26.4 Å². The molecule has 1 aliphatic heterocycles. The second-order valence-corrected chi connectivity index (χ2v) is 25.8. The molecule has 0 radical (unpaired) electrons. The van der Waals surface area contributed by atoms with Gasteiger partial charge in [0.15, 0.2) is 5.78 Å². The van der Waals surface area contributed by atoms with Crippen LogP contribution in [0.1, 0.15) is 289 Å². The topological polar surface area (TPSA) is 264 Å². The van der Waals surface area contributed by atoms with Gasteiger partial charge in [0.05, 0.1) is 36.1 Å². The normalized spacial score (nSPS) is 13.5. The van der Waals surface area contributed by atoms with Crippen molar-refractivity contribution in [3.05, 3.63) is 0 Å². The van der Waals surface area contributed by atoms with Gasteiger partial charge in [-0.3, -0.25) is 19.2 Å². The summed E-state index contributed by atoms with van der Waals surface area (Å²) >= 11 is 0. The van der Waals surface area contributed by atoms with E-state index in [0.29, 0.717) is 58.6 Å². The number of ketones is 1. The van der Waals surface area contributed by atoms with Crippen molar-refractivity contribution >= 4 is 48.0 Å². The van der Waals surface area contributed by atoms with Crippen LogP contribution in [0.3, 0.4) is 0 Å². The van der Waals surface area contributed by atoms with E-state index in [9.17, 15) is 38.4 Å². The number of carboxylic acids is 1. The molecule has 1 saturated heterocycles. The Kier molecular flexibility index (Phi) is 54.1. The van der Waals surface area contributed by atoms with Crippen molar-refractivity contribution in [2.45, 2.75) is 295 Å². The molecule has 522 valence electrons. The number of urea groups is 1. The molecule has 1 fully saturated rings. The summed E-state index contributed by atoms with van der Waals surface area (Å²) in [6, 6.07) is -0.0685. The first-order chi connectivity index (χ1) is 42.5. The summed E-state index contributed by atoms with van der Waals surface area (Å²) in [5.74, 6) is -1.06. The number of ether oxygens (including phenoxy) is 6. The molecule has 0 bridgehead atoms. The Morgan fingerprint density at radius 3 is 1.22 bits per heavy atom. The monoisotopic (exact) mass is 1270 g/mol. The number of piperidine rings is 1. The van der Waals surface area contributed by atoms with Crippen LogP contribution in [-0.4, -0.2) is 143 Å². The van der Waals surface area contributed by atoms with Crippen LogP contribution in [0.4, 0.5) is 19.2 Å². The van der Waals surface area contributed by atoms with Gasteiger partial charge < -0.3 is 59.7 Å². The Hall–Kier alpha value is -4.88. The van der Waals surface area contributed by atoms with Crippen molar-refractivity contribution in [1.82, 2.24) is 26.2 Å². The first-order valence-electron chi connectivity index (χ1n) is 34.9. The predicted octanol–water partition coefficient (Wildman–Crippen LogP) is 15.6. The van der Waals surface area contributed by atoms with Crippen LogP contribution in [0.15, 0.2) is 0 Å². The number of nitrogens with zero attached hydrogens (tertiary/aromatic N) is 1. The Morgan fingerprint density at radius 2 is 0.820 bits per heavy atom. The quantitative estimate of drug-likeness (QED) is 0.0215. The molecule has 0 aromatic heterocycles. The number of likely N-dealkylation sites (tertiary alicyclic amines) is 1. The molecule has 1 rings (SSSR count). The van der Waals surface area contributed by atoms with E-state index < -0.39 is 35.1 Å². The Bertz CT molecular complexity index is 1850. The Balaban J connectivity index is 0.